The second-order valence-electron chi connectivity index (χ2n) is 5.70. The summed E-state index contributed by atoms with van der Waals surface area (Å²) >= 11 is 0. The number of nitrogens with one attached hydrogen (secondary N) is 1. The van der Waals surface area contributed by atoms with Gasteiger partial charge in [0.15, 0.2) is 0 Å². The first-order valence-corrected chi connectivity index (χ1v) is 7.25. The Kier molecular flexibility index (Phi) is 4.43. The van der Waals surface area contributed by atoms with Crippen molar-refractivity contribution in [1.29, 1.82) is 0 Å². The first kappa shape index (κ1) is 12.9. The smallest absolute Gasteiger partial charge is 0.223 e. The lowest BCUT2D eigenvalue weighted by Crippen LogP contribution is -2.49. The molecule has 0 radical (unpaired) electrons. The van der Waals surface area contributed by atoms with Crippen molar-refractivity contribution in [2.75, 3.05) is 13.1 Å². The monoisotopic (exact) mass is 238 g/mol. The zero-order chi connectivity index (χ0) is 12.3. The van der Waals surface area contributed by atoms with Crippen molar-refractivity contribution in [1.82, 2.24) is 10.2 Å². The lowest BCUT2D eigenvalue weighted by atomic mass is 9.84. The number of piperidine rings is 1. The van der Waals surface area contributed by atoms with Gasteiger partial charge in [-0.05, 0) is 39.0 Å². The van der Waals surface area contributed by atoms with E-state index in [9.17, 15) is 4.79 Å². The van der Waals surface area contributed by atoms with Crippen LogP contribution in [0.4, 0.5) is 0 Å². The number of carbonyl (C=O) groups excluding carboxylic acids is 1. The highest BCUT2D eigenvalue weighted by Crippen LogP contribution is 2.26. The number of hydrogen-bond acceptors (Lipinski definition) is 2. The highest BCUT2D eigenvalue weighted by atomic mass is 16.2. The van der Waals surface area contributed by atoms with Gasteiger partial charge in [0, 0.05) is 31.1 Å². The van der Waals surface area contributed by atoms with E-state index in [4.69, 9.17) is 0 Å². The summed E-state index contributed by atoms with van der Waals surface area (Å²) in [5.74, 6) is 0.654. The van der Waals surface area contributed by atoms with Crippen molar-refractivity contribution in [2.45, 2.75) is 64.5 Å². The molecule has 1 aliphatic carbocycles. The van der Waals surface area contributed by atoms with Crippen molar-refractivity contribution in [2.24, 2.45) is 5.92 Å². The summed E-state index contributed by atoms with van der Waals surface area (Å²) in [6.45, 7) is 6.83. The van der Waals surface area contributed by atoms with E-state index in [0.717, 1.165) is 38.8 Å². The fraction of sp³-hybridized carbons (Fsp3) is 0.929. The van der Waals surface area contributed by atoms with Crippen LogP contribution in [0.5, 0.6) is 0 Å². The average Bonchev–Trinajstić information content (AvgIpc) is 2.26. The van der Waals surface area contributed by atoms with E-state index in [1.807, 2.05) is 0 Å². The first-order chi connectivity index (χ1) is 8.20. The highest BCUT2D eigenvalue weighted by Gasteiger charge is 2.28. The normalized spacial score (nSPS) is 25.3. The van der Waals surface area contributed by atoms with Crippen LogP contribution in [0.2, 0.25) is 0 Å². The van der Waals surface area contributed by atoms with Crippen LogP contribution in [0.3, 0.4) is 0 Å². The Balaban J connectivity index is 1.69. The van der Waals surface area contributed by atoms with Gasteiger partial charge in [0.05, 0.1) is 0 Å². The molecular weight excluding hydrogens is 212 g/mol. The van der Waals surface area contributed by atoms with Gasteiger partial charge in [-0.1, -0.05) is 13.3 Å². The Labute approximate surface area is 105 Å². The Hall–Kier alpha value is -0.570. The fourth-order valence-corrected chi connectivity index (χ4v) is 2.73. The molecule has 1 aliphatic heterocycles. The topological polar surface area (TPSA) is 32.3 Å². The minimum absolute atomic E-state index is 0.318. The number of nitrogens with zero attached hydrogens (tertiary/aromatic N) is 1. The molecule has 2 fully saturated rings. The molecule has 1 heterocycles. The molecule has 1 atom stereocenters. The molecular formula is C14H26N2O. The van der Waals surface area contributed by atoms with E-state index in [0.29, 0.717) is 23.9 Å². The van der Waals surface area contributed by atoms with E-state index in [1.54, 1.807) is 0 Å². The lowest BCUT2D eigenvalue weighted by molar-refractivity contribution is -0.128. The fourth-order valence-electron chi connectivity index (χ4n) is 2.73. The molecule has 2 rings (SSSR count). The van der Waals surface area contributed by atoms with Gasteiger partial charge >= 0.3 is 0 Å². The Morgan fingerprint density at radius 1 is 1.29 bits per heavy atom. The molecule has 1 saturated heterocycles. The maximum atomic E-state index is 11.8. The van der Waals surface area contributed by atoms with Crippen LogP contribution in [0.25, 0.3) is 0 Å². The van der Waals surface area contributed by atoms with Crippen LogP contribution < -0.4 is 5.32 Å². The zero-order valence-electron chi connectivity index (χ0n) is 11.2. The van der Waals surface area contributed by atoms with E-state index in [2.05, 4.69) is 24.1 Å². The summed E-state index contributed by atoms with van der Waals surface area (Å²) in [4.78, 5) is 14.4. The average molecular weight is 238 g/mol. The summed E-state index contributed by atoms with van der Waals surface area (Å²) in [5, 5.41) is 3.23. The van der Waals surface area contributed by atoms with Gasteiger partial charge < -0.3 is 10.2 Å². The molecule has 0 spiro atoms. The number of carbonyl (C=O) groups is 1. The molecule has 1 N–H and O–H groups in total. The molecule has 1 unspecified atom stereocenters. The predicted octanol–water partition coefficient (Wildman–Crippen LogP) is 2.17. The molecule has 3 heteroatoms. The van der Waals surface area contributed by atoms with Crippen LogP contribution in [-0.2, 0) is 4.79 Å². The van der Waals surface area contributed by atoms with Gasteiger partial charge in [-0.25, -0.2) is 0 Å². The van der Waals surface area contributed by atoms with E-state index < -0.39 is 0 Å². The molecule has 1 saturated carbocycles. The maximum Gasteiger partial charge on any atom is 0.223 e. The SMILES string of the molecule is CCC(C)N1CCC(NC(=O)C2CCC2)CC1. The van der Waals surface area contributed by atoms with Gasteiger partial charge in [0.2, 0.25) is 5.91 Å². The largest absolute Gasteiger partial charge is 0.353 e. The number of likely N-dealkylation sites (tertiary alicyclic amines) is 1. The van der Waals surface area contributed by atoms with Crippen LogP contribution in [0.1, 0.15) is 52.4 Å². The summed E-state index contributed by atoms with van der Waals surface area (Å²) in [5.41, 5.74) is 0. The highest BCUT2D eigenvalue weighted by molar-refractivity contribution is 5.79. The lowest BCUT2D eigenvalue weighted by Gasteiger charge is -2.37. The standard InChI is InChI=1S/C14H26N2O/c1-3-11(2)16-9-7-13(8-10-16)15-14(17)12-5-4-6-12/h11-13H,3-10H2,1-2H3,(H,15,17). The number of hydrogen-bond donors (Lipinski definition) is 1. The molecule has 3 nitrogen and oxygen atoms in total. The zero-order valence-corrected chi connectivity index (χ0v) is 11.2. The second kappa shape index (κ2) is 5.85. The quantitative estimate of drug-likeness (QED) is 0.814. The molecule has 0 aromatic heterocycles. The van der Waals surface area contributed by atoms with Gasteiger partial charge in [-0.15, -0.1) is 0 Å². The molecule has 98 valence electrons. The molecule has 0 bridgehead atoms. The summed E-state index contributed by atoms with van der Waals surface area (Å²) in [6, 6.07) is 1.13. The van der Waals surface area contributed by atoms with Crippen LogP contribution in [0, 0.1) is 5.92 Å². The van der Waals surface area contributed by atoms with E-state index >= 15 is 0 Å². The van der Waals surface area contributed by atoms with Gasteiger partial charge in [-0.2, -0.15) is 0 Å². The first-order valence-electron chi connectivity index (χ1n) is 7.25. The van der Waals surface area contributed by atoms with E-state index in [1.165, 1.54) is 12.8 Å². The van der Waals surface area contributed by atoms with Gasteiger partial charge in [-0.3, -0.25) is 4.79 Å². The minimum atomic E-state index is 0.318. The molecule has 2 aliphatic rings. The summed E-state index contributed by atoms with van der Waals surface area (Å²) in [6.07, 6.45) is 6.93. The maximum absolute atomic E-state index is 11.8. The summed E-state index contributed by atoms with van der Waals surface area (Å²) < 4.78 is 0. The van der Waals surface area contributed by atoms with Crippen LogP contribution in [-0.4, -0.2) is 36.0 Å². The number of amides is 1. The van der Waals surface area contributed by atoms with Crippen molar-refractivity contribution < 1.29 is 4.79 Å². The number of rotatable bonds is 4. The Morgan fingerprint density at radius 3 is 2.41 bits per heavy atom. The predicted molar refractivity (Wildman–Crippen MR) is 69.8 cm³/mol. The molecule has 0 aromatic rings. The molecule has 17 heavy (non-hydrogen) atoms. The minimum Gasteiger partial charge on any atom is -0.353 e. The second-order valence-corrected chi connectivity index (χ2v) is 5.70. The van der Waals surface area contributed by atoms with Crippen LogP contribution in [0.15, 0.2) is 0 Å². The van der Waals surface area contributed by atoms with Gasteiger partial charge in [0.1, 0.15) is 0 Å². The Morgan fingerprint density at radius 2 is 1.94 bits per heavy atom. The van der Waals surface area contributed by atoms with E-state index in [-0.39, 0.29) is 0 Å². The summed E-state index contributed by atoms with van der Waals surface area (Å²) in [7, 11) is 0. The van der Waals surface area contributed by atoms with Crippen molar-refractivity contribution >= 4 is 5.91 Å². The third-order valence-electron chi connectivity index (χ3n) is 4.57. The molecule has 1 amide bonds. The van der Waals surface area contributed by atoms with Crippen molar-refractivity contribution in [3.8, 4) is 0 Å². The molecule has 0 aromatic carbocycles. The van der Waals surface area contributed by atoms with Gasteiger partial charge in [0.25, 0.3) is 0 Å². The van der Waals surface area contributed by atoms with Crippen molar-refractivity contribution in [3.05, 3.63) is 0 Å². The van der Waals surface area contributed by atoms with Crippen LogP contribution >= 0.6 is 0 Å². The third-order valence-corrected chi connectivity index (χ3v) is 4.57. The van der Waals surface area contributed by atoms with Crippen molar-refractivity contribution in [3.63, 3.8) is 0 Å². The Bertz CT molecular complexity index is 255. The third kappa shape index (κ3) is 3.21.